The molecule has 1 saturated carbocycles. The normalized spacial score (nSPS) is 42.7. The molecule has 0 radical (unpaired) electrons. The van der Waals surface area contributed by atoms with Crippen LogP contribution in [0.5, 0.6) is 0 Å². The van der Waals surface area contributed by atoms with E-state index in [9.17, 15) is 4.79 Å². The predicted octanol–water partition coefficient (Wildman–Crippen LogP) is -0.0902. The van der Waals surface area contributed by atoms with Crippen LogP contribution in [-0.4, -0.2) is 25.2 Å². The van der Waals surface area contributed by atoms with Crippen LogP contribution in [0.3, 0.4) is 0 Å². The summed E-state index contributed by atoms with van der Waals surface area (Å²) in [5, 5.41) is 3.20. The van der Waals surface area contributed by atoms with Crippen LogP contribution in [-0.2, 0) is 9.53 Å². The lowest BCUT2D eigenvalue weighted by molar-refractivity contribution is -0.142. The first-order valence-electron chi connectivity index (χ1n) is 3.65. The fraction of sp³-hybridized carbons (Fsp3) is 0.857. The van der Waals surface area contributed by atoms with Crippen LogP contribution in [0.1, 0.15) is 12.8 Å². The maximum atomic E-state index is 10.9. The van der Waals surface area contributed by atoms with Gasteiger partial charge in [-0.05, 0) is 18.8 Å². The van der Waals surface area contributed by atoms with Crippen molar-refractivity contribution >= 4 is 5.97 Å². The van der Waals surface area contributed by atoms with Gasteiger partial charge in [0, 0.05) is 6.04 Å². The molecule has 0 aromatic carbocycles. The SMILES string of the molecule is COC(=O)[C@@H]1C[C@H]2CC2N1. The molecule has 0 aromatic rings. The third kappa shape index (κ3) is 0.814. The topological polar surface area (TPSA) is 38.3 Å². The Kier molecular flexibility index (Phi) is 1.20. The van der Waals surface area contributed by atoms with Crippen molar-refractivity contribution in [2.24, 2.45) is 5.92 Å². The Morgan fingerprint density at radius 1 is 1.60 bits per heavy atom. The number of ether oxygens (including phenoxy) is 1. The number of hydrogen-bond acceptors (Lipinski definition) is 3. The fourth-order valence-electron chi connectivity index (χ4n) is 1.65. The van der Waals surface area contributed by atoms with E-state index in [-0.39, 0.29) is 12.0 Å². The molecule has 10 heavy (non-hydrogen) atoms. The Morgan fingerprint density at radius 3 is 2.90 bits per heavy atom. The molecule has 1 unspecified atom stereocenters. The van der Waals surface area contributed by atoms with Crippen LogP contribution in [0.2, 0.25) is 0 Å². The lowest BCUT2D eigenvalue weighted by Gasteiger charge is -2.08. The van der Waals surface area contributed by atoms with Gasteiger partial charge in [0.2, 0.25) is 0 Å². The first-order chi connectivity index (χ1) is 4.81. The highest BCUT2D eigenvalue weighted by Crippen LogP contribution is 2.40. The molecule has 0 bridgehead atoms. The van der Waals surface area contributed by atoms with E-state index in [4.69, 9.17) is 0 Å². The van der Waals surface area contributed by atoms with E-state index in [0.29, 0.717) is 6.04 Å². The first kappa shape index (κ1) is 6.16. The van der Waals surface area contributed by atoms with E-state index in [1.165, 1.54) is 13.5 Å². The number of carbonyl (C=O) groups is 1. The number of fused-ring (bicyclic) bond motifs is 1. The summed E-state index contributed by atoms with van der Waals surface area (Å²) in [5.74, 6) is 0.663. The highest BCUT2D eigenvalue weighted by Gasteiger charge is 2.48. The maximum Gasteiger partial charge on any atom is 0.322 e. The molecule has 1 N–H and O–H groups in total. The van der Waals surface area contributed by atoms with Gasteiger partial charge in [-0.3, -0.25) is 4.79 Å². The minimum atomic E-state index is -0.104. The molecule has 0 aromatic heterocycles. The van der Waals surface area contributed by atoms with Crippen molar-refractivity contribution in [1.82, 2.24) is 5.32 Å². The lowest BCUT2D eigenvalue weighted by atomic mass is 10.2. The molecule has 2 fully saturated rings. The molecule has 2 rings (SSSR count). The Balaban J connectivity index is 1.90. The summed E-state index contributed by atoms with van der Waals surface area (Å²) in [7, 11) is 1.44. The van der Waals surface area contributed by atoms with Crippen molar-refractivity contribution in [2.75, 3.05) is 7.11 Å². The first-order valence-corrected chi connectivity index (χ1v) is 3.65. The number of carbonyl (C=O) groups excluding carboxylic acids is 1. The van der Waals surface area contributed by atoms with E-state index >= 15 is 0 Å². The van der Waals surface area contributed by atoms with Crippen LogP contribution in [0, 0.1) is 5.92 Å². The highest BCUT2D eigenvalue weighted by atomic mass is 16.5. The Hall–Kier alpha value is -0.570. The number of hydrogen-bond donors (Lipinski definition) is 1. The zero-order valence-electron chi connectivity index (χ0n) is 5.96. The van der Waals surface area contributed by atoms with E-state index in [2.05, 4.69) is 10.1 Å². The molecule has 1 heterocycles. The average Bonchev–Trinajstić information content (AvgIpc) is 2.57. The second kappa shape index (κ2) is 1.95. The monoisotopic (exact) mass is 141 g/mol. The Labute approximate surface area is 59.7 Å². The van der Waals surface area contributed by atoms with Gasteiger partial charge in [-0.15, -0.1) is 0 Å². The van der Waals surface area contributed by atoms with Crippen molar-refractivity contribution in [3.8, 4) is 0 Å². The zero-order chi connectivity index (χ0) is 7.14. The van der Waals surface area contributed by atoms with Crippen molar-refractivity contribution in [1.29, 1.82) is 0 Å². The van der Waals surface area contributed by atoms with Gasteiger partial charge in [-0.25, -0.2) is 0 Å². The summed E-state index contributed by atoms with van der Waals surface area (Å²) in [6, 6.07) is 0.623. The fourth-order valence-corrected chi connectivity index (χ4v) is 1.65. The largest absolute Gasteiger partial charge is 0.468 e. The number of esters is 1. The second-order valence-electron chi connectivity index (χ2n) is 3.08. The highest BCUT2D eigenvalue weighted by molar-refractivity contribution is 5.76. The Bertz CT molecular complexity index is 159. The van der Waals surface area contributed by atoms with Crippen LogP contribution < -0.4 is 5.32 Å². The molecule has 2 aliphatic rings. The molecule has 3 nitrogen and oxygen atoms in total. The van der Waals surface area contributed by atoms with Gasteiger partial charge in [0.15, 0.2) is 0 Å². The average molecular weight is 141 g/mol. The Morgan fingerprint density at radius 2 is 2.40 bits per heavy atom. The molecular weight excluding hydrogens is 130 g/mol. The van der Waals surface area contributed by atoms with Crippen LogP contribution >= 0.6 is 0 Å². The minimum Gasteiger partial charge on any atom is -0.468 e. The van der Waals surface area contributed by atoms with Crippen LogP contribution in [0.4, 0.5) is 0 Å². The molecule has 0 spiro atoms. The maximum absolute atomic E-state index is 10.9. The van der Waals surface area contributed by atoms with Crippen molar-refractivity contribution < 1.29 is 9.53 Å². The van der Waals surface area contributed by atoms with Crippen molar-refractivity contribution in [3.63, 3.8) is 0 Å². The molecule has 1 aliphatic heterocycles. The number of rotatable bonds is 1. The molecule has 1 saturated heterocycles. The molecule has 0 amide bonds. The summed E-state index contributed by atoms with van der Waals surface area (Å²) < 4.78 is 4.60. The minimum absolute atomic E-state index is 0.00579. The predicted molar refractivity (Wildman–Crippen MR) is 35.5 cm³/mol. The van der Waals surface area contributed by atoms with Gasteiger partial charge >= 0.3 is 5.97 Å². The third-order valence-electron chi connectivity index (χ3n) is 2.36. The van der Waals surface area contributed by atoms with E-state index in [1.807, 2.05) is 0 Å². The standard InChI is InChI=1S/C7H11NO2/c1-10-7(9)6-3-4-2-5(4)8-6/h4-6,8H,2-3H2,1H3/t4-,5?,6+/m1/s1. The van der Waals surface area contributed by atoms with Crippen molar-refractivity contribution in [2.45, 2.75) is 24.9 Å². The van der Waals surface area contributed by atoms with Crippen LogP contribution in [0.15, 0.2) is 0 Å². The number of methoxy groups -OCH3 is 1. The van der Waals surface area contributed by atoms with Gasteiger partial charge in [0.1, 0.15) is 6.04 Å². The van der Waals surface area contributed by atoms with Crippen LogP contribution in [0.25, 0.3) is 0 Å². The van der Waals surface area contributed by atoms with Crippen molar-refractivity contribution in [3.05, 3.63) is 0 Å². The molecule has 3 heteroatoms. The van der Waals surface area contributed by atoms with Gasteiger partial charge in [0.05, 0.1) is 7.11 Å². The zero-order valence-corrected chi connectivity index (χ0v) is 5.96. The molecule has 56 valence electrons. The van der Waals surface area contributed by atoms with E-state index < -0.39 is 0 Å². The third-order valence-corrected chi connectivity index (χ3v) is 2.36. The summed E-state index contributed by atoms with van der Waals surface area (Å²) >= 11 is 0. The van der Waals surface area contributed by atoms with E-state index in [0.717, 1.165) is 12.3 Å². The van der Waals surface area contributed by atoms with Gasteiger partial charge < -0.3 is 10.1 Å². The van der Waals surface area contributed by atoms with Gasteiger partial charge in [-0.1, -0.05) is 0 Å². The molecular formula is C7H11NO2. The summed E-state index contributed by atoms with van der Waals surface area (Å²) in [5.41, 5.74) is 0. The van der Waals surface area contributed by atoms with Gasteiger partial charge in [0.25, 0.3) is 0 Å². The number of nitrogens with one attached hydrogen (secondary N) is 1. The van der Waals surface area contributed by atoms with Gasteiger partial charge in [-0.2, -0.15) is 0 Å². The number of piperidine rings is 1. The van der Waals surface area contributed by atoms with E-state index in [1.54, 1.807) is 0 Å². The summed E-state index contributed by atoms with van der Waals surface area (Å²) in [4.78, 5) is 10.9. The second-order valence-corrected chi connectivity index (χ2v) is 3.08. The summed E-state index contributed by atoms with van der Waals surface area (Å²) in [6.45, 7) is 0. The lowest BCUT2D eigenvalue weighted by Crippen LogP contribution is -2.34. The smallest absolute Gasteiger partial charge is 0.322 e. The molecule has 3 atom stereocenters. The summed E-state index contributed by atoms with van der Waals surface area (Å²) in [6.07, 6.45) is 2.24. The quantitative estimate of drug-likeness (QED) is 0.519. The molecule has 1 aliphatic carbocycles.